The molecule has 0 N–H and O–H groups in total. The first-order valence-corrected chi connectivity index (χ1v) is 12.2. The number of halogens is 2. The molecule has 1 saturated heterocycles. The summed E-state index contributed by atoms with van der Waals surface area (Å²) in [6, 6.07) is 18.6. The molecule has 6 nitrogen and oxygen atoms in total. The van der Waals surface area contributed by atoms with Crippen molar-refractivity contribution in [3.63, 3.8) is 0 Å². The van der Waals surface area contributed by atoms with Crippen LogP contribution in [0.3, 0.4) is 0 Å². The SMILES string of the molecule is C[C@H]1CN(C(=O)c2cn(-c3ccccc3)nc2-c2cccnc2)C(=Nc2ccc(Cl)c(Cl)c2)S1. The fourth-order valence-corrected chi connectivity index (χ4v) is 4.96. The number of aliphatic imine (C=N–C) groups is 1. The minimum Gasteiger partial charge on any atom is -0.286 e. The van der Waals surface area contributed by atoms with Crippen molar-refractivity contribution >= 4 is 51.7 Å². The van der Waals surface area contributed by atoms with Crippen LogP contribution in [0.1, 0.15) is 17.3 Å². The van der Waals surface area contributed by atoms with Crippen LogP contribution in [-0.2, 0) is 0 Å². The van der Waals surface area contributed by atoms with E-state index in [2.05, 4.69) is 11.9 Å². The van der Waals surface area contributed by atoms with Gasteiger partial charge in [-0.05, 0) is 42.5 Å². The van der Waals surface area contributed by atoms with E-state index >= 15 is 0 Å². The lowest BCUT2D eigenvalue weighted by Gasteiger charge is -2.16. The Labute approximate surface area is 211 Å². The number of benzene rings is 2. The van der Waals surface area contributed by atoms with Crippen molar-refractivity contribution in [3.05, 3.63) is 94.9 Å². The molecule has 9 heteroatoms. The second-order valence-electron chi connectivity index (χ2n) is 7.75. The van der Waals surface area contributed by atoms with Crippen molar-refractivity contribution < 1.29 is 4.79 Å². The first-order valence-electron chi connectivity index (χ1n) is 10.6. The summed E-state index contributed by atoms with van der Waals surface area (Å²) in [5.74, 6) is -0.170. The molecule has 170 valence electrons. The fraction of sp³-hybridized carbons (Fsp3) is 0.120. The van der Waals surface area contributed by atoms with Gasteiger partial charge in [-0.3, -0.25) is 14.7 Å². The molecule has 1 aliphatic heterocycles. The van der Waals surface area contributed by atoms with Gasteiger partial charge in [0.05, 0.1) is 27.0 Å². The predicted molar refractivity (Wildman–Crippen MR) is 138 cm³/mol. The Morgan fingerprint density at radius 1 is 1.09 bits per heavy atom. The Hall–Kier alpha value is -3.13. The number of thioether (sulfide) groups is 1. The third-order valence-corrected chi connectivity index (χ3v) is 7.06. The maximum atomic E-state index is 13.9. The Kier molecular flexibility index (Phi) is 6.41. The number of hydrogen-bond donors (Lipinski definition) is 0. The standard InChI is InChI=1S/C25H19Cl2N5OS/c1-16-14-31(25(34-16)29-18-9-10-21(26)22(27)12-18)24(33)20-15-32(19-7-3-2-4-8-19)30-23(20)17-6-5-11-28-13-17/h2-13,15-16H,14H2,1H3/t16-/m0/s1. The molecule has 4 aromatic rings. The van der Waals surface area contributed by atoms with Crippen LogP contribution in [0.4, 0.5) is 5.69 Å². The minimum absolute atomic E-state index is 0.170. The maximum Gasteiger partial charge on any atom is 0.263 e. The van der Waals surface area contributed by atoms with Crippen molar-refractivity contribution in [1.82, 2.24) is 19.7 Å². The fourth-order valence-electron chi connectivity index (χ4n) is 3.64. The summed E-state index contributed by atoms with van der Waals surface area (Å²) < 4.78 is 1.72. The van der Waals surface area contributed by atoms with E-state index in [0.717, 1.165) is 11.3 Å². The molecule has 3 heterocycles. The summed E-state index contributed by atoms with van der Waals surface area (Å²) in [5.41, 5.74) is 3.31. The highest BCUT2D eigenvalue weighted by Crippen LogP contribution is 2.33. The average Bonchev–Trinajstić information content (AvgIpc) is 3.46. The lowest BCUT2D eigenvalue weighted by molar-refractivity contribution is 0.0856. The molecule has 0 unspecified atom stereocenters. The average molecular weight is 508 g/mol. The smallest absolute Gasteiger partial charge is 0.263 e. The number of amidine groups is 1. The van der Waals surface area contributed by atoms with Crippen molar-refractivity contribution in [1.29, 1.82) is 0 Å². The molecule has 0 bridgehead atoms. The van der Waals surface area contributed by atoms with E-state index in [1.54, 1.807) is 58.1 Å². The van der Waals surface area contributed by atoms with Crippen molar-refractivity contribution in [3.8, 4) is 16.9 Å². The molecule has 0 aliphatic carbocycles. The van der Waals surface area contributed by atoms with E-state index in [1.807, 2.05) is 42.5 Å². The Morgan fingerprint density at radius 2 is 1.91 bits per heavy atom. The van der Waals surface area contributed by atoms with Gasteiger partial charge in [0, 0.05) is 35.9 Å². The molecule has 0 saturated carbocycles. The van der Waals surface area contributed by atoms with Crippen LogP contribution in [0.25, 0.3) is 16.9 Å². The largest absolute Gasteiger partial charge is 0.286 e. The molecule has 0 spiro atoms. The number of aromatic nitrogens is 3. The molecule has 1 amide bonds. The van der Waals surface area contributed by atoms with Gasteiger partial charge in [0.1, 0.15) is 5.69 Å². The molecule has 5 rings (SSSR count). The van der Waals surface area contributed by atoms with Gasteiger partial charge in [0.25, 0.3) is 5.91 Å². The number of rotatable bonds is 4. The zero-order chi connectivity index (χ0) is 23.7. The zero-order valence-corrected chi connectivity index (χ0v) is 20.4. The number of pyridine rings is 1. The quantitative estimate of drug-likeness (QED) is 0.316. The number of hydrogen-bond acceptors (Lipinski definition) is 5. The summed E-state index contributed by atoms with van der Waals surface area (Å²) in [4.78, 5) is 24.5. The highest BCUT2D eigenvalue weighted by atomic mass is 35.5. The van der Waals surface area contributed by atoms with Gasteiger partial charge in [-0.15, -0.1) is 0 Å². The predicted octanol–water partition coefficient (Wildman–Crippen LogP) is 6.51. The Balaban J connectivity index is 1.57. The first kappa shape index (κ1) is 22.7. The van der Waals surface area contributed by atoms with Gasteiger partial charge < -0.3 is 0 Å². The van der Waals surface area contributed by atoms with Gasteiger partial charge in [0.15, 0.2) is 5.17 Å². The van der Waals surface area contributed by atoms with Gasteiger partial charge >= 0.3 is 0 Å². The number of amides is 1. The summed E-state index contributed by atoms with van der Waals surface area (Å²) >= 11 is 13.8. The molecule has 34 heavy (non-hydrogen) atoms. The van der Waals surface area contributed by atoms with Gasteiger partial charge in [-0.2, -0.15) is 5.10 Å². The number of carbonyl (C=O) groups is 1. The lowest BCUT2D eigenvalue weighted by Crippen LogP contribution is -2.32. The van der Waals surface area contributed by atoms with E-state index in [9.17, 15) is 4.79 Å². The van der Waals surface area contributed by atoms with Crippen LogP contribution < -0.4 is 0 Å². The summed E-state index contributed by atoms with van der Waals surface area (Å²) in [6.45, 7) is 2.60. The first-order chi connectivity index (χ1) is 16.5. The van der Waals surface area contributed by atoms with Crippen LogP contribution in [0.5, 0.6) is 0 Å². The van der Waals surface area contributed by atoms with E-state index in [-0.39, 0.29) is 11.2 Å². The number of carbonyl (C=O) groups excluding carboxylic acids is 1. The second-order valence-corrected chi connectivity index (χ2v) is 9.97. The van der Waals surface area contributed by atoms with Gasteiger partial charge in [-0.1, -0.05) is 60.1 Å². The zero-order valence-electron chi connectivity index (χ0n) is 18.1. The summed E-state index contributed by atoms with van der Waals surface area (Å²) in [7, 11) is 0. The third-order valence-electron chi connectivity index (χ3n) is 5.25. The highest BCUT2D eigenvalue weighted by molar-refractivity contribution is 8.14. The van der Waals surface area contributed by atoms with Crippen LogP contribution in [0, 0.1) is 0 Å². The van der Waals surface area contributed by atoms with Gasteiger partial charge in [-0.25, -0.2) is 9.67 Å². The molecule has 1 fully saturated rings. The monoisotopic (exact) mass is 507 g/mol. The Morgan fingerprint density at radius 3 is 2.65 bits per heavy atom. The molecule has 2 aromatic heterocycles. The molecular weight excluding hydrogens is 489 g/mol. The molecule has 1 aliphatic rings. The summed E-state index contributed by atoms with van der Waals surface area (Å²) in [5, 5.41) is 6.42. The molecule has 1 atom stereocenters. The van der Waals surface area contributed by atoms with E-state index < -0.39 is 0 Å². The summed E-state index contributed by atoms with van der Waals surface area (Å²) in [6.07, 6.45) is 5.17. The number of para-hydroxylation sites is 1. The molecule has 0 radical (unpaired) electrons. The van der Waals surface area contributed by atoms with E-state index in [1.165, 1.54) is 0 Å². The van der Waals surface area contributed by atoms with Crippen LogP contribution in [0.15, 0.2) is 84.2 Å². The van der Waals surface area contributed by atoms with E-state index in [4.69, 9.17) is 33.3 Å². The number of nitrogens with zero attached hydrogens (tertiary/aromatic N) is 5. The van der Waals surface area contributed by atoms with Crippen molar-refractivity contribution in [2.24, 2.45) is 4.99 Å². The van der Waals surface area contributed by atoms with Crippen LogP contribution in [-0.4, -0.2) is 42.5 Å². The Bertz CT molecular complexity index is 1370. The van der Waals surface area contributed by atoms with Crippen LogP contribution in [0.2, 0.25) is 10.0 Å². The van der Waals surface area contributed by atoms with Gasteiger partial charge in [0.2, 0.25) is 0 Å². The molecule has 2 aromatic carbocycles. The van der Waals surface area contributed by atoms with Crippen molar-refractivity contribution in [2.75, 3.05) is 6.54 Å². The third kappa shape index (κ3) is 4.59. The normalized spacial score (nSPS) is 16.9. The minimum atomic E-state index is -0.170. The van der Waals surface area contributed by atoms with Crippen molar-refractivity contribution in [2.45, 2.75) is 12.2 Å². The topological polar surface area (TPSA) is 63.4 Å². The van der Waals surface area contributed by atoms with Crippen LogP contribution >= 0.6 is 35.0 Å². The highest BCUT2D eigenvalue weighted by Gasteiger charge is 2.34. The molecular formula is C25H19Cl2N5OS. The second kappa shape index (κ2) is 9.62. The maximum absolute atomic E-state index is 13.9. The van der Waals surface area contributed by atoms with E-state index in [0.29, 0.717) is 38.7 Å². The lowest BCUT2D eigenvalue weighted by atomic mass is 10.1.